The smallest absolute Gasteiger partial charge is 0.331 e. The van der Waals surface area contributed by atoms with E-state index in [4.69, 9.17) is 0 Å². The van der Waals surface area contributed by atoms with Crippen LogP contribution in [0.25, 0.3) is 22.3 Å². The number of hydrogen-bond acceptors (Lipinski definition) is 6. The Morgan fingerprint density at radius 1 is 0.973 bits per heavy atom. The number of nitrogens with zero attached hydrogens (tertiary/aromatic N) is 5. The van der Waals surface area contributed by atoms with Gasteiger partial charge in [0.1, 0.15) is 5.52 Å². The van der Waals surface area contributed by atoms with E-state index in [1.54, 1.807) is 49.8 Å². The van der Waals surface area contributed by atoms with Crippen molar-refractivity contribution in [3.8, 4) is 11.3 Å². The minimum atomic E-state index is -3.63. The number of aromatic amines is 1. The van der Waals surface area contributed by atoms with Gasteiger partial charge in [0.05, 0.1) is 10.4 Å². The SMILES string of the molecule is CCCn1c(=O)c2[nH]c(-c3ccc(S(=O)(=O)N4CCN(Cc5ccncc5)CC4)cc3)cc2n(C)c1=O. The number of H-pyrrole nitrogens is 1. The number of pyridine rings is 1. The Bertz CT molecular complexity index is 1630. The molecule has 194 valence electrons. The Labute approximate surface area is 214 Å². The number of nitrogens with one attached hydrogen (secondary N) is 1. The van der Waals surface area contributed by atoms with Crippen molar-refractivity contribution in [1.82, 2.24) is 28.3 Å². The normalized spacial score (nSPS) is 15.4. The van der Waals surface area contributed by atoms with Crippen molar-refractivity contribution in [3.63, 3.8) is 0 Å². The fraction of sp³-hybridized carbons (Fsp3) is 0.346. The molecule has 1 fully saturated rings. The summed E-state index contributed by atoms with van der Waals surface area (Å²) in [5.41, 5.74) is 2.69. The van der Waals surface area contributed by atoms with E-state index in [9.17, 15) is 18.0 Å². The molecule has 0 amide bonds. The minimum absolute atomic E-state index is 0.229. The van der Waals surface area contributed by atoms with Gasteiger partial charge in [-0.3, -0.25) is 23.8 Å². The van der Waals surface area contributed by atoms with Crippen molar-refractivity contribution < 1.29 is 8.42 Å². The average Bonchev–Trinajstić information content (AvgIpc) is 3.37. The Morgan fingerprint density at radius 3 is 2.30 bits per heavy atom. The lowest BCUT2D eigenvalue weighted by atomic mass is 10.1. The van der Waals surface area contributed by atoms with Crippen LogP contribution in [0.5, 0.6) is 0 Å². The van der Waals surface area contributed by atoms with E-state index in [0.29, 0.717) is 55.9 Å². The van der Waals surface area contributed by atoms with E-state index in [1.807, 2.05) is 19.1 Å². The second-order valence-corrected chi connectivity index (χ2v) is 11.2. The van der Waals surface area contributed by atoms with Gasteiger partial charge in [-0.25, -0.2) is 13.2 Å². The largest absolute Gasteiger partial charge is 0.349 e. The fourth-order valence-electron chi connectivity index (χ4n) is 4.78. The maximum Gasteiger partial charge on any atom is 0.331 e. The van der Waals surface area contributed by atoms with Gasteiger partial charge in [0.25, 0.3) is 5.56 Å². The predicted octanol–water partition coefficient (Wildman–Crippen LogP) is 2.01. The molecule has 10 nitrogen and oxygen atoms in total. The van der Waals surface area contributed by atoms with Gasteiger partial charge in [0.2, 0.25) is 10.0 Å². The highest BCUT2D eigenvalue weighted by Gasteiger charge is 2.28. The summed E-state index contributed by atoms with van der Waals surface area (Å²) in [6.45, 7) is 5.19. The first kappa shape index (κ1) is 25.1. The number of hydrogen-bond donors (Lipinski definition) is 1. The number of aryl methyl sites for hydroxylation is 1. The first-order chi connectivity index (χ1) is 17.8. The van der Waals surface area contributed by atoms with E-state index in [1.165, 1.54) is 13.4 Å². The van der Waals surface area contributed by atoms with Crippen molar-refractivity contribution >= 4 is 21.1 Å². The molecule has 0 spiro atoms. The van der Waals surface area contributed by atoms with Crippen molar-refractivity contribution in [2.45, 2.75) is 31.3 Å². The van der Waals surface area contributed by atoms with Crippen LogP contribution in [-0.2, 0) is 30.2 Å². The molecule has 4 aromatic rings. The second kappa shape index (κ2) is 10.1. The molecule has 1 aromatic carbocycles. The summed E-state index contributed by atoms with van der Waals surface area (Å²) in [5, 5.41) is 0. The van der Waals surface area contributed by atoms with E-state index in [0.717, 1.165) is 17.7 Å². The molecule has 0 aliphatic carbocycles. The van der Waals surface area contributed by atoms with Crippen molar-refractivity contribution in [3.05, 3.63) is 81.3 Å². The zero-order chi connectivity index (χ0) is 26.2. The van der Waals surface area contributed by atoms with Crippen molar-refractivity contribution in [2.24, 2.45) is 7.05 Å². The molecule has 11 heteroatoms. The third-order valence-electron chi connectivity index (χ3n) is 6.87. The summed E-state index contributed by atoms with van der Waals surface area (Å²) in [4.78, 5) is 35.1. The first-order valence-corrected chi connectivity index (χ1v) is 13.8. The van der Waals surface area contributed by atoms with Gasteiger partial charge in [-0.05, 0) is 47.9 Å². The second-order valence-electron chi connectivity index (χ2n) is 9.30. The highest BCUT2D eigenvalue weighted by molar-refractivity contribution is 7.89. The van der Waals surface area contributed by atoms with Crippen LogP contribution in [0.2, 0.25) is 0 Å². The maximum atomic E-state index is 13.3. The zero-order valence-electron chi connectivity index (χ0n) is 20.9. The number of aromatic nitrogens is 4. The number of sulfonamides is 1. The summed E-state index contributed by atoms with van der Waals surface area (Å²) in [7, 11) is -1.99. The van der Waals surface area contributed by atoms with E-state index in [2.05, 4.69) is 14.9 Å². The average molecular weight is 523 g/mol. The summed E-state index contributed by atoms with van der Waals surface area (Å²) < 4.78 is 30.8. The number of fused-ring (bicyclic) bond motifs is 1. The lowest BCUT2D eigenvalue weighted by Gasteiger charge is -2.34. The Hall–Kier alpha value is -3.54. The van der Waals surface area contributed by atoms with E-state index < -0.39 is 10.0 Å². The highest BCUT2D eigenvalue weighted by Crippen LogP contribution is 2.25. The number of benzene rings is 1. The number of piperazine rings is 1. The summed E-state index contributed by atoms with van der Waals surface area (Å²) in [6, 6.07) is 12.3. The van der Waals surface area contributed by atoms with Crippen LogP contribution in [-0.4, -0.2) is 62.9 Å². The molecule has 1 aliphatic heterocycles. The summed E-state index contributed by atoms with van der Waals surface area (Å²) in [6.07, 6.45) is 4.20. The molecule has 1 saturated heterocycles. The third-order valence-corrected chi connectivity index (χ3v) is 8.79. The molecular formula is C26H30N6O4S. The van der Waals surface area contributed by atoms with Gasteiger partial charge in [0.15, 0.2) is 0 Å². The molecule has 0 bridgehead atoms. The van der Waals surface area contributed by atoms with Crippen molar-refractivity contribution in [2.75, 3.05) is 26.2 Å². The lowest BCUT2D eigenvalue weighted by Crippen LogP contribution is -2.48. The molecule has 0 unspecified atom stereocenters. The van der Waals surface area contributed by atoms with Gasteiger partial charge >= 0.3 is 5.69 Å². The molecule has 4 heterocycles. The molecule has 0 radical (unpaired) electrons. The van der Waals surface area contributed by atoms with Crippen LogP contribution < -0.4 is 11.2 Å². The number of rotatable bonds is 7. The van der Waals surface area contributed by atoms with Gasteiger partial charge in [-0.2, -0.15) is 4.31 Å². The van der Waals surface area contributed by atoms with Gasteiger partial charge in [-0.1, -0.05) is 19.1 Å². The van der Waals surface area contributed by atoms with Crippen LogP contribution >= 0.6 is 0 Å². The maximum absolute atomic E-state index is 13.3. The fourth-order valence-corrected chi connectivity index (χ4v) is 6.21. The quantitative estimate of drug-likeness (QED) is 0.397. The van der Waals surface area contributed by atoms with Crippen LogP contribution in [0, 0.1) is 0 Å². The van der Waals surface area contributed by atoms with Crippen LogP contribution in [0.1, 0.15) is 18.9 Å². The molecule has 3 aromatic heterocycles. The van der Waals surface area contributed by atoms with Gasteiger partial charge < -0.3 is 4.98 Å². The standard InChI is InChI=1S/C26H30N6O4S/c1-3-12-32-25(33)24-23(29(2)26(32)34)17-22(28-24)20-4-6-21(7-5-20)37(35,36)31-15-13-30(14-16-31)18-19-8-10-27-11-9-19/h4-11,17,28H,3,12-16,18H2,1-2H3. The Kier molecular flexibility index (Phi) is 6.84. The van der Waals surface area contributed by atoms with Gasteiger partial charge in [0, 0.05) is 64.4 Å². The lowest BCUT2D eigenvalue weighted by molar-refractivity contribution is 0.181. The predicted molar refractivity (Wildman–Crippen MR) is 142 cm³/mol. The molecule has 1 aliphatic rings. The van der Waals surface area contributed by atoms with Crippen LogP contribution in [0.3, 0.4) is 0 Å². The topological polar surface area (TPSA) is 113 Å². The summed E-state index contributed by atoms with van der Waals surface area (Å²) in [5.74, 6) is 0. The van der Waals surface area contributed by atoms with Crippen LogP contribution in [0.15, 0.2) is 69.3 Å². The van der Waals surface area contributed by atoms with Gasteiger partial charge in [-0.15, -0.1) is 0 Å². The molecule has 0 atom stereocenters. The van der Waals surface area contributed by atoms with Crippen molar-refractivity contribution in [1.29, 1.82) is 0 Å². The zero-order valence-corrected chi connectivity index (χ0v) is 21.7. The van der Waals surface area contributed by atoms with Crippen LogP contribution in [0.4, 0.5) is 0 Å². The molecular weight excluding hydrogens is 492 g/mol. The minimum Gasteiger partial charge on any atom is -0.349 e. The highest BCUT2D eigenvalue weighted by atomic mass is 32.2. The monoisotopic (exact) mass is 522 g/mol. The molecule has 0 saturated carbocycles. The Balaban J connectivity index is 1.34. The summed E-state index contributed by atoms with van der Waals surface area (Å²) >= 11 is 0. The van der Waals surface area contributed by atoms with E-state index >= 15 is 0 Å². The molecule has 37 heavy (non-hydrogen) atoms. The molecule has 1 N–H and O–H groups in total. The Morgan fingerprint density at radius 2 is 1.65 bits per heavy atom. The van der Waals surface area contributed by atoms with E-state index in [-0.39, 0.29) is 16.1 Å². The third kappa shape index (κ3) is 4.77. The molecule has 5 rings (SSSR count). The first-order valence-electron chi connectivity index (χ1n) is 12.3.